The van der Waals surface area contributed by atoms with Crippen molar-refractivity contribution in [2.24, 2.45) is 4.99 Å². The van der Waals surface area contributed by atoms with Crippen LogP contribution in [0.25, 0.3) is 0 Å². The van der Waals surface area contributed by atoms with Crippen LogP contribution in [0.5, 0.6) is 0 Å². The molecule has 4 rings (SSSR count). The van der Waals surface area contributed by atoms with Crippen molar-refractivity contribution in [1.29, 1.82) is 0 Å². The Morgan fingerprint density at radius 3 is 2.47 bits per heavy atom. The van der Waals surface area contributed by atoms with Crippen LogP contribution in [0.15, 0.2) is 83.9 Å². The van der Waals surface area contributed by atoms with Crippen LogP contribution in [0.1, 0.15) is 27.9 Å². The second-order valence-electron chi connectivity index (χ2n) is 8.41. The number of amides is 2. The third kappa shape index (κ3) is 6.80. The SMILES string of the molecule is O=C(O)c1cccc(NC(=O)C2CC(=O)N(CCc3ccccc3)C(=Nc3cccc(C(F)(F)F)c3)S2)c1. The van der Waals surface area contributed by atoms with Crippen molar-refractivity contribution in [2.45, 2.75) is 24.3 Å². The zero-order chi connectivity index (χ0) is 27.3. The van der Waals surface area contributed by atoms with Gasteiger partial charge in [0.1, 0.15) is 5.25 Å². The summed E-state index contributed by atoms with van der Waals surface area (Å²) >= 11 is 0.970. The van der Waals surface area contributed by atoms with Gasteiger partial charge in [-0.3, -0.25) is 14.5 Å². The molecule has 1 atom stereocenters. The highest BCUT2D eigenvalue weighted by atomic mass is 32.2. The van der Waals surface area contributed by atoms with Gasteiger partial charge in [0.2, 0.25) is 11.8 Å². The zero-order valence-corrected chi connectivity index (χ0v) is 20.6. The van der Waals surface area contributed by atoms with Crippen LogP contribution in [0.3, 0.4) is 0 Å². The number of anilines is 1. The van der Waals surface area contributed by atoms with Gasteiger partial charge in [-0.15, -0.1) is 0 Å². The molecule has 1 aliphatic heterocycles. The highest BCUT2D eigenvalue weighted by molar-refractivity contribution is 8.15. The number of nitrogens with zero attached hydrogens (tertiary/aromatic N) is 2. The minimum atomic E-state index is -4.56. The maximum Gasteiger partial charge on any atom is 0.416 e. The molecular formula is C27H22F3N3O4S. The number of rotatable bonds is 7. The van der Waals surface area contributed by atoms with E-state index in [9.17, 15) is 32.7 Å². The second kappa shape index (κ2) is 11.5. The molecule has 1 heterocycles. The van der Waals surface area contributed by atoms with Crippen LogP contribution in [-0.2, 0) is 22.2 Å². The number of halogens is 3. The quantitative estimate of drug-likeness (QED) is 0.405. The Hall–Kier alpha value is -4.12. The number of aromatic carboxylic acids is 1. The Bertz CT molecular complexity index is 1380. The number of carboxylic acids is 1. The molecule has 11 heteroatoms. The van der Waals surface area contributed by atoms with Crippen molar-refractivity contribution in [2.75, 3.05) is 11.9 Å². The van der Waals surface area contributed by atoms with Gasteiger partial charge >= 0.3 is 12.1 Å². The Balaban J connectivity index is 1.60. The molecule has 0 aromatic heterocycles. The number of thioether (sulfide) groups is 1. The summed E-state index contributed by atoms with van der Waals surface area (Å²) in [7, 11) is 0. The number of nitrogens with one attached hydrogen (secondary N) is 1. The van der Waals surface area contributed by atoms with E-state index in [-0.39, 0.29) is 35.1 Å². The van der Waals surface area contributed by atoms with Crippen LogP contribution < -0.4 is 5.32 Å². The second-order valence-corrected chi connectivity index (χ2v) is 9.58. The summed E-state index contributed by atoms with van der Waals surface area (Å²) in [6.45, 7) is 0.225. The Morgan fingerprint density at radius 1 is 1.03 bits per heavy atom. The molecule has 0 saturated carbocycles. The van der Waals surface area contributed by atoms with Gasteiger partial charge in [0.25, 0.3) is 0 Å². The van der Waals surface area contributed by atoms with Crippen LogP contribution in [0, 0.1) is 0 Å². The molecule has 0 spiro atoms. The average Bonchev–Trinajstić information content (AvgIpc) is 2.88. The van der Waals surface area contributed by atoms with Gasteiger partial charge < -0.3 is 10.4 Å². The van der Waals surface area contributed by atoms with Crippen molar-refractivity contribution in [3.05, 3.63) is 95.6 Å². The first-order valence-corrected chi connectivity index (χ1v) is 12.4. The predicted molar refractivity (Wildman–Crippen MR) is 138 cm³/mol. The summed E-state index contributed by atoms with van der Waals surface area (Å²) in [6, 6.07) is 19.5. The van der Waals surface area contributed by atoms with E-state index in [1.807, 2.05) is 30.3 Å². The highest BCUT2D eigenvalue weighted by Crippen LogP contribution is 2.34. The average molecular weight is 542 g/mol. The smallest absolute Gasteiger partial charge is 0.416 e. The maximum absolute atomic E-state index is 13.2. The van der Waals surface area contributed by atoms with Gasteiger partial charge in [0.05, 0.1) is 16.8 Å². The topological polar surface area (TPSA) is 99.1 Å². The van der Waals surface area contributed by atoms with Gasteiger partial charge in [0, 0.05) is 18.7 Å². The van der Waals surface area contributed by atoms with E-state index in [2.05, 4.69) is 10.3 Å². The molecule has 2 N–H and O–H groups in total. The molecule has 0 radical (unpaired) electrons. The lowest BCUT2D eigenvalue weighted by Gasteiger charge is -2.32. The van der Waals surface area contributed by atoms with Gasteiger partial charge in [-0.2, -0.15) is 13.2 Å². The standard InChI is InChI=1S/C27H22F3N3O4S/c28-27(29,30)19-9-5-11-21(15-19)32-26-33(13-12-17-6-2-1-3-7-17)23(34)16-22(38-26)24(35)31-20-10-4-8-18(14-20)25(36)37/h1-11,14-15,22H,12-13,16H2,(H,31,35)(H,36,37). The first-order valence-electron chi connectivity index (χ1n) is 11.5. The van der Waals surface area contributed by atoms with Crippen LogP contribution in [0.2, 0.25) is 0 Å². The predicted octanol–water partition coefficient (Wildman–Crippen LogP) is 5.61. The lowest BCUT2D eigenvalue weighted by molar-refractivity contribution is -0.137. The summed E-state index contributed by atoms with van der Waals surface area (Å²) in [5, 5.41) is 11.0. The number of hydrogen-bond donors (Lipinski definition) is 2. The Kier molecular flexibility index (Phi) is 8.16. The van der Waals surface area contributed by atoms with E-state index >= 15 is 0 Å². The molecule has 0 aliphatic carbocycles. The summed E-state index contributed by atoms with van der Waals surface area (Å²) in [5.74, 6) is -2.11. The van der Waals surface area contributed by atoms with Gasteiger partial charge in [-0.25, -0.2) is 9.79 Å². The van der Waals surface area contributed by atoms with Crippen molar-refractivity contribution < 1.29 is 32.7 Å². The minimum Gasteiger partial charge on any atom is -0.478 e. The number of carbonyl (C=O) groups excluding carboxylic acids is 2. The third-order valence-corrected chi connectivity index (χ3v) is 6.86. The highest BCUT2D eigenvalue weighted by Gasteiger charge is 2.36. The summed E-state index contributed by atoms with van der Waals surface area (Å²) in [5.41, 5.74) is 0.298. The monoisotopic (exact) mass is 541 g/mol. The van der Waals surface area contributed by atoms with Crippen molar-refractivity contribution in [3.8, 4) is 0 Å². The third-order valence-electron chi connectivity index (χ3n) is 5.67. The molecule has 1 fully saturated rings. The molecule has 0 bridgehead atoms. The lowest BCUT2D eigenvalue weighted by Crippen LogP contribution is -2.46. The minimum absolute atomic E-state index is 0.00458. The van der Waals surface area contributed by atoms with Gasteiger partial charge in [-0.05, 0) is 48.4 Å². The van der Waals surface area contributed by atoms with Gasteiger partial charge in [-0.1, -0.05) is 54.2 Å². The first-order chi connectivity index (χ1) is 18.1. The fraction of sp³-hybridized carbons (Fsp3) is 0.185. The van der Waals surface area contributed by atoms with Crippen LogP contribution >= 0.6 is 11.8 Å². The fourth-order valence-corrected chi connectivity index (χ4v) is 4.89. The Labute approximate surface area is 220 Å². The van der Waals surface area contributed by atoms with Crippen molar-refractivity contribution >= 4 is 46.1 Å². The van der Waals surface area contributed by atoms with E-state index < -0.39 is 34.8 Å². The fourth-order valence-electron chi connectivity index (χ4n) is 3.76. The number of carboxylic acid groups (broad SMARTS) is 1. The van der Waals surface area contributed by atoms with E-state index in [1.165, 1.54) is 41.3 Å². The summed E-state index contributed by atoms with van der Waals surface area (Å²) in [6.07, 6.45) is -4.25. The molecule has 7 nitrogen and oxygen atoms in total. The van der Waals surface area contributed by atoms with E-state index in [0.717, 1.165) is 29.5 Å². The van der Waals surface area contributed by atoms with Crippen molar-refractivity contribution in [1.82, 2.24) is 4.90 Å². The zero-order valence-electron chi connectivity index (χ0n) is 19.8. The number of carbonyl (C=O) groups is 3. The largest absolute Gasteiger partial charge is 0.478 e. The normalized spacial score (nSPS) is 16.9. The van der Waals surface area contributed by atoms with E-state index in [0.29, 0.717) is 6.42 Å². The number of alkyl halides is 3. The molecular weight excluding hydrogens is 519 g/mol. The molecule has 1 aliphatic rings. The van der Waals surface area contributed by atoms with Gasteiger partial charge in [0.15, 0.2) is 5.17 Å². The van der Waals surface area contributed by atoms with Crippen molar-refractivity contribution in [3.63, 3.8) is 0 Å². The number of amidine groups is 1. The number of aliphatic imine (C=N–C) groups is 1. The van der Waals surface area contributed by atoms with E-state index in [1.54, 1.807) is 0 Å². The molecule has 1 unspecified atom stereocenters. The maximum atomic E-state index is 13.2. The molecule has 38 heavy (non-hydrogen) atoms. The summed E-state index contributed by atoms with van der Waals surface area (Å²) < 4.78 is 39.7. The number of benzene rings is 3. The molecule has 3 aromatic carbocycles. The van der Waals surface area contributed by atoms with Crippen LogP contribution in [0.4, 0.5) is 24.5 Å². The molecule has 3 aromatic rings. The molecule has 1 saturated heterocycles. The molecule has 196 valence electrons. The summed E-state index contributed by atoms with van der Waals surface area (Å²) in [4.78, 5) is 43.1. The molecule has 2 amide bonds. The Morgan fingerprint density at radius 2 is 1.76 bits per heavy atom. The number of hydrogen-bond acceptors (Lipinski definition) is 5. The van der Waals surface area contributed by atoms with E-state index in [4.69, 9.17) is 0 Å². The lowest BCUT2D eigenvalue weighted by atomic mass is 10.1. The van der Waals surface area contributed by atoms with Crippen LogP contribution in [-0.4, -0.2) is 44.8 Å². The first kappa shape index (κ1) is 26.9.